The van der Waals surface area contributed by atoms with Gasteiger partial charge in [-0.15, -0.1) is 0 Å². The van der Waals surface area contributed by atoms with Gasteiger partial charge in [-0.3, -0.25) is 19.2 Å². The number of hydrogen-bond acceptors (Lipinski definition) is 40. The molecule has 0 amide bonds. The number of Topliss-reactive ketones (excluding diaryl/α,β-unsaturated/α-hetero) is 2. The van der Waals surface area contributed by atoms with Crippen molar-refractivity contribution in [2.24, 2.45) is 5.92 Å². The number of aliphatic hydroxyl groups excluding tert-OH is 18. The molecule has 21 fully saturated rings. The fourth-order valence-electron chi connectivity index (χ4n) is 12.4. The normalized spacial score (nSPS) is 45.5. The van der Waals surface area contributed by atoms with E-state index >= 15 is 0 Å². The van der Waals surface area contributed by atoms with E-state index in [1.54, 1.807) is 0 Å². The van der Waals surface area contributed by atoms with Crippen LogP contribution in [-0.2, 0) is 90.2 Å². The van der Waals surface area contributed by atoms with Crippen LogP contribution in [0.4, 0.5) is 0 Å². The topological polar surface area (TPSA) is 623 Å². The van der Waals surface area contributed by atoms with E-state index in [4.69, 9.17) is 71.1 Å². The predicted octanol–water partition coefficient (Wildman–Crippen LogP) is -12.0. The molecule has 0 aromatic heterocycles. The standard InChI is InChI=1S/C57H93NO39S2/c1-18(64)3-5-83-6-4-20(65)7-19(49(79)80)14-98-16-29-23-8-22(66)51(90-29)92-43-24(9-59)86-53(38(74)32(43)68)94-46-27(12-62)89-56(41(77)35(46)71)97-48-30(17-99-15-21(58-2)50(81)82)91-57(42(78)36(48)72)96-47-28(13-63)88-55(40(76)34(47)70)95-45-26(11-61)87-54(39(75)33(45)69)93-44-25(10-60)85-52(84-23)37(73)31(44)67/h19,21-48,51-63,66-78H,3-17H2,1-2H3,(H,79,80)(H,81,82)/t19-,21-,22?,23-,24?,25?,26?,27?,28?,29?,30?,31+,32+,33+,34+,35+,36+,37?,38?,39?,40?,41?,42?,43+,44+,45+,46+,47+,48+,51+,52-,53-,54+,55+,56-,57-/m0/s1. The van der Waals surface area contributed by atoms with Crippen molar-refractivity contribution in [2.75, 3.05) is 76.3 Å². The van der Waals surface area contributed by atoms with E-state index in [1.165, 1.54) is 14.0 Å². The van der Waals surface area contributed by atoms with Crippen LogP contribution in [0.2, 0.25) is 0 Å². The SMILES string of the molecule is CN[C@@H](CSCC1O[C@H]2O[C@@H]3C(CO)O[C@H](O[C@@H]4C(CO)O[C@H](O[C@@H]5C(CO)O[C@H](O[C@H]6CC(O)[C@H](OC6CSC[C@H](CC(=O)CCOCCC(C)=O)C(=O)O)O[C@@H]6C(CO)O[C@@H](O[C@@H]7C(CO)O[C@@H](O[C@H]1[C@H](O)C2O)C(O)[C@H]7O)C(O)[C@H]6O)C(O)[C@H]5O)C(O)[C@H]4O)C(O)[C@H]3O)C(=O)O. The second-order valence-electron chi connectivity index (χ2n) is 25.0. The molecule has 21 N–H and O–H groups in total. The molecule has 21 saturated heterocycles. The average molecular weight is 1480 g/mol. The lowest BCUT2D eigenvalue weighted by Gasteiger charge is -2.50. The average Bonchev–Trinajstić information content (AvgIpc) is 0.782. The molecule has 572 valence electrons. The molecular formula is C57H93NO39S2. The van der Waals surface area contributed by atoms with Gasteiger partial charge < -0.3 is 179 Å². The van der Waals surface area contributed by atoms with E-state index in [1.807, 2.05) is 0 Å². The predicted molar refractivity (Wildman–Crippen MR) is 319 cm³/mol. The van der Waals surface area contributed by atoms with Crippen molar-refractivity contribution in [3.05, 3.63) is 0 Å². The minimum Gasteiger partial charge on any atom is -0.481 e. The molecule has 21 aliphatic heterocycles. The maximum Gasteiger partial charge on any atom is 0.321 e. The van der Waals surface area contributed by atoms with Gasteiger partial charge in [0.05, 0.1) is 70.5 Å². The fraction of sp³-hybridized carbons (Fsp3) is 0.930. The number of aliphatic hydroxyl groups is 18. The third-order valence-electron chi connectivity index (χ3n) is 18.1. The molecule has 21 rings (SSSR count). The quantitative estimate of drug-likeness (QED) is 0.0399. The summed E-state index contributed by atoms with van der Waals surface area (Å²) < 4.78 is 88.3. The number of carbonyl (C=O) groups excluding carboxylic acids is 2. The van der Waals surface area contributed by atoms with Gasteiger partial charge >= 0.3 is 11.9 Å². The zero-order chi connectivity index (χ0) is 72.4. The van der Waals surface area contributed by atoms with E-state index in [0.29, 0.717) is 0 Å². The van der Waals surface area contributed by atoms with Crippen LogP contribution < -0.4 is 5.32 Å². The lowest BCUT2D eigenvalue weighted by Crippen LogP contribution is -2.68. The van der Waals surface area contributed by atoms with E-state index in [-0.39, 0.29) is 54.9 Å². The summed E-state index contributed by atoms with van der Waals surface area (Å²) in [4.78, 5) is 48.6. The molecule has 21 aliphatic rings. The Kier molecular flexibility index (Phi) is 31.4. The van der Waals surface area contributed by atoms with E-state index < -0.39 is 284 Å². The zero-order valence-corrected chi connectivity index (χ0v) is 55.0. The van der Waals surface area contributed by atoms with Gasteiger partial charge in [0, 0.05) is 48.7 Å². The highest BCUT2D eigenvalue weighted by Gasteiger charge is 2.59. The summed E-state index contributed by atoms with van der Waals surface area (Å²) in [5, 5.41) is 227. The Morgan fingerprint density at radius 3 is 1.06 bits per heavy atom. The minimum atomic E-state index is -2.25. The third-order valence-corrected chi connectivity index (χ3v) is 20.4. The molecule has 14 bridgehead atoms. The number of likely N-dealkylation sites (N-methyl/N-ethyl adjacent to an activating group) is 1. The smallest absolute Gasteiger partial charge is 0.321 e. The summed E-state index contributed by atoms with van der Waals surface area (Å²) in [7, 11) is 1.36. The van der Waals surface area contributed by atoms with Gasteiger partial charge in [0.1, 0.15) is 164 Å². The minimum absolute atomic E-state index is 0.0423. The molecule has 21 heterocycles. The molecule has 0 aromatic rings. The summed E-state index contributed by atoms with van der Waals surface area (Å²) in [5.74, 6) is -5.71. The number of ketones is 2. The Morgan fingerprint density at radius 1 is 0.404 bits per heavy atom. The van der Waals surface area contributed by atoms with Crippen LogP contribution >= 0.6 is 23.5 Å². The van der Waals surface area contributed by atoms with Crippen molar-refractivity contribution < 1.29 is 192 Å². The highest BCUT2D eigenvalue weighted by Crippen LogP contribution is 2.40. The van der Waals surface area contributed by atoms with Gasteiger partial charge in [-0.05, 0) is 14.0 Å². The van der Waals surface area contributed by atoms with E-state index in [9.17, 15) is 121 Å². The maximum atomic E-state index is 12.9. The van der Waals surface area contributed by atoms with E-state index in [0.717, 1.165) is 23.5 Å². The molecular weight excluding hydrogens is 1390 g/mol. The van der Waals surface area contributed by atoms with Crippen LogP contribution in [0.5, 0.6) is 0 Å². The number of nitrogens with one attached hydrogen (secondary N) is 1. The van der Waals surface area contributed by atoms with E-state index in [2.05, 4.69) is 5.32 Å². The van der Waals surface area contributed by atoms with Crippen LogP contribution in [0.3, 0.4) is 0 Å². The summed E-state index contributed by atoms with van der Waals surface area (Å²) in [6, 6.07) is -1.17. The van der Waals surface area contributed by atoms with Crippen molar-refractivity contribution in [2.45, 2.75) is 247 Å². The summed E-state index contributed by atoms with van der Waals surface area (Å²) in [6.07, 6.45) is -68.4. The van der Waals surface area contributed by atoms with Crippen molar-refractivity contribution in [1.29, 1.82) is 0 Å². The fourth-order valence-corrected chi connectivity index (χ4v) is 14.7. The number of ether oxygens (including phenoxy) is 15. The van der Waals surface area contributed by atoms with Crippen LogP contribution in [0.1, 0.15) is 32.6 Å². The number of carbonyl (C=O) groups is 4. The third kappa shape index (κ3) is 19.8. The first-order chi connectivity index (χ1) is 47.1. The molecule has 0 aliphatic carbocycles. The molecule has 0 spiro atoms. The van der Waals surface area contributed by atoms with Crippen LogP contribution in [0.25, 0.3) is 0 Å². The Bertz CT molecular complexity index is 2520. The van der Waals surface area contributed by atoms with Crippen molar-refractivity contribution in [1.82, 2.24) is 5.32 Å². The Morgan fingerprint density at radius 2 is 0.717 bits per heavy atom. The summed E-state index contributed by atoms with van der Waals surface area (Å²) in [6.45, 7) is -4.03. The molecule has 99 heavy (non-hydrogen) atoms. The second-order valence-corrected chi connectivity index (χ2v) is 27.2. The molecule has 14 unspecified atom stereocenters. The lowest BCUT2D eigenvalue weighted by atomic mass is 9.95. The summed E-state index contributed by atoms with van der Waals surface area (Å²) >= 11 is 1.78. The largest absolute Gasteiger partial charge is 0.481 e. The van der Waals surface area contributed by atoms with Crippen LogP contribution in [0.15, 0.2) is 0 Å². The van der Waals surface area contributed by atoms with Crippen molar-refractivity contribution >= 4 is 47.0 Å². The molecule has 36 atom stereocenters. The van der Waals surface area contributed by atoms with Crippen LogP contribution in [-0.4, -0.2) is 417 Å². The Labute approximate surface area is 572 Å². The van der Waals surface area contributed by atoms with Gasteiger partial charge in [0.25, 0.3) is 0 Å². The Hall–Kier alpha value is -2.38. The molecule has 40 nitrogen and oxygen atoms in total. The number of carboxylic acid groups (broad SMARTS) is 2. The van der Waals surface area contributed by atoms with Crippen molar-refractivity contribution in [3.8, 4) is 0 Å². The van der Waals surface area contributed by atoms with Gasteiger partial charge in [-0.2, -0.15) is 23.5 Å². The van der Waals surface area contributed by atoms with Crippen LogP contribution in [0, 0.1) is 5.92 Å². The zero-order valence-electron chi connectivity index (χ0n) is 53.4. The molecule has 42 heteroatoms. The molecule has 0 saturated carbocycles. The van der Waals surface area contributed by atoms with Gasteiger partial charge in [-0.1, -0.05) is 0 Å². The first-order valence-electron chi connectivity index (χ1n) is 32.0. The highest BCUT2D eigenvalue weighted by atomic mass is 32.2. The summed E-state index contributed by atoms with van der Waals surface area (Å²) in [5.41, 5.74) is 0. The molecule has 0 aromatic carbocycles. The first kappa shape index (κ1) is 82.3. The van der Waals surface area contributed by atoms with Crippen molar-refractivity contribution in [3.63, 3.8) is 0 Å². The Balaban J connectivity index is 1.09. The number of rotatable bonds is 24. The number of thioether (sulfide) groups is 2. The second kappa shape index (κ2) is 37.7. The first-order valence-corrected chi connectivity index (χ1v) is 34.3. The number of carboxylic acids is 2. The van der Waals surface area contributed by atoms with Gasteiger partial charge in [-0.25, -0.2) is 0 Å². The highest BCUT2D eigenvalue weighted by molar-refractivity contribution is 7.99. The molecule has 0 radical (unpaired) electrons. The monoisotopic (exact) mass is 1480 g/mol. The maximum absolute atomic E-state index is 12.9. The number of hydrogen-bond donors (Lipinski definition) is 21. The lowest BCUT2D eigenvalue weighted by molar-refractivity contribution is -0.394. The van der Waals surface area contributed by atoms with Gasteiger partial charge in [0.2, 0.25) is 0 Å². The van der Waals surface area contributed by atoms with Gasteiger partial charge in [0.15, 0.2) is 44.0 Å². The number of aliphatic carboxylic acids is 2.